The number of nitrogens with one attached hydrogen (secondary N) is 1. The predicted octanol–water partition coefficient (Wildman–Crippen LogP) is 3.26. The Hall–Kier alpha value is -2.82. The smallest absolute Gasteiger partial charge is 0.308 e. The molecule has 1 N–H and O–H groups in total. The first-order valence-electron chi connectivity index (χ1n) is 6.92. The van der Waals surface area contributed by atoms with Crippen molar-refractivity contribution in [1.82, 2.24) is 0 Å². The van der Waals surface area contributed by atoms with Crippen molar-refractivity contribution in [2.45, 2.75) is 13.8 Å². The summed E-state index contributed by atoms with van der Waals surface area (Å²) in [5.41, 5.74) is 0.843. The van der Waals surface area contributed by atoms with Gasteiger partial charge >= 0.3 is 5.97 Å². The highest BCUT2D eigenvalue weighted by Crippen LogP contribution is 2.26. The summed E-state index contributed by atoms with van der Waals surface area (Å²) >= 11 is 0. The van der Waals surface area contributed by atoms with Gasteiger partial charge in [0.2, 0.25) is 0 Å². The van der Waals surface area contributed by atoms with Crippen LogP contribution in [0.1, 0.15) is 24.2 Å². The summed E-state index contributed by atoms with van der Waals surface area (Å²) in [6, 6.07) is 13.7. The molecule has 0 radical (unpaired) electrons. The maximum Gasteiger partial charge on any atom is 0.308 e. The number of esters is 1. The van der Waals surface area contributed by atoms with Crippen LogP contribution < -0.4 is 14.8 Å². The van der Waals surface area contributed by atoms with Crippen molar-refractivity contribution >= 4 is 17.6 Å². The van der Waals surface area contributed by atoms with Crippen molar-refractivity contribution in [2.24, 2.45) is 0 Å². The van der Waals surface area contributed by atoms with E-state index in [1.807, 2.05) is 13.0 Å². The van der Waals surface area contributed by atoms with E-state index in [1.54, 1.807) is 42.5 Å². The lowest BCUT2D eigenvalue weighted by atomic mass is 10.1. The molecule has 0 heterocycles. The van der Waals surface area contributed by atoms with Crippen molar-refractivity contribution in [3.8, 4) is 11.5 Å². The van der Waals surface area contributed by atoms with Crippen LogP contribution in [-0.2, 0) is 4.79 Å². The molecule has 0 aliphatic rings. The monoisotopic (exact) mass is 299 g/mol. The maximum atomic E-state index is 12.4. The fraction of sp³-hybridized carbons (Fsp3) is 0.176. The zero-order chi connectivity index (χ0) is 15.9. The van der Waals surface area contributed by atoms with Crippen LogP contribution >= 0.6 is 0 Å². The van der Waals surface area contributed by atoms with Gasteiger partial charge in [0.15, 0.2) is 0 Å². The second-order valence-corrected chi connectivity index (χ2v) is 4.47. The summed E-state index contributed by atoms with van der Waals surface area (Å²) in [5, 5.41) is 2.77. The summed E-state index contributed by atoms with van der Waals surface area (Å²) in [7, 11) is 0. The Balaban J connectivity index is 2.25. The summed E-state index contributed by atoms with van der Waals surface area (Å²) in [4.78, 5) is 23.5. The average Bonchev–Trinajstić information content (AvgIpc) is 2.49. The third-order valence-corrected chi connectivity index (χ3v) is 2.82. The Morgan fingerprint density at radius 3 is 2.32 bits per heavy atom. The van der Waals surface area contributed by atoms with Gasteiger partial charge in [-0.05, 0) is 31.2 Å². The lowest BCUT2D eigenvalue weighted by molar-refractivity contribution is -0.131. The number of rotatable bonds is 5. The van der Waals surface area contributed by atoms with Crippen molar-refractivity contribution < 1.29 is 19.1 Å². The molecule has 0 saturated heterocycles. The molecule has 0 atom stereocenters. The first-order chi connectivity index (χ1) is 10.6. The van der Waals surface area contributed by atoms with Gasteiger partial charge in [-0.15, -0.1) is 0 Å². The second-order valence-electron chi connectivity index (χ2n) is 4.47. The number of hydrogen-bond acceptors (Lipinski definition) is 4. The fourth-order valence-electron chi connectivity index (χ4n) is 1.94. The fourth-order valence-corrected chi connectivity index (χ4v) is 1.94. The molecule has 5 nitrogen and oxygen atoms in total. The van der Waals surface area contributed by atoms with Gasteiger partial charge < -0.3 is 14.8 Å². The summed E-state index contributed by atoms with van der Waals surface area (Å²) in [6.45, 7) is 3.66. The Labute approximate surface area is 128 Å². The number of carbonyl (C=O) groups is 2. The lowest BCUT2D eigenvalue weighted by Gasteiger charge is -2.12. The van der Waals surface area contributed by atoms with Crippen LogP contribution in [0.2, 0.25) is 0 Å². The van der Waals surface area contributed by atoms with Crippen LogP contribution in [0.4, 0.5) is 5.69 Å². The molecule has 2 rings (SSSR count). The van der Waals surface area contributed by atoms with Gasteiger partial charge in [0.25, 0.3) is 5.91 Å². The molecule has 0 fully saturated rings. The number of amides is 1. The summed E-state index contributed by atoms with van der Waals surface area (Å²) in [5.74, 6) is -0.0383. The molecule has 0 spiro atoms. The largest absolute Gasteiger partial charge is 0.492 e. The van der Waals surface area contributed by atoms with Crippen LogP contribution in [0.3, 0.4) is 0 Å². The van der Waals surface area contributed by atoms with Crippen LogP contribution in [0.25, 0.3) is 0 Å². The number of para-hydroxylation sites is 3. The third-order valence-electron chi connectivity index (χ3n) is 2.82. The minimum absolute atomic E-state index is 0.224. The molecular weight excluding hydrogens is 282 g/mol. The van der Waals surface area contributed by atoms with Gasteiger partial charge in [0.05, 0.1) is 17.9 Å². The number of hydrogen-bond donors (Lipinski definition) is 1. The summed E-state index contributed by atoms with van der Waals surface area (Å²) < 4.78 is 10.5. The molecular formula is C17H17NO4. The van der Waals surface area contributed by atoms with Gasteiger partial charge in [-0.1, -0.05) is 24.3 Å². The van der Waals surface area contributed by atoms with E-state index < -0.39 is 5.97 Å². The minimum atomic E-state index is -0.477. The Morgan fingerprint density at radius 2 is 1.64 bits per heavy atom. The van der Waals surface area contributed by atoms with Gasteiger partial charge in [-0.25, -0.2) is 0 Å². The van der Waals surface area contributed by atoms with Crippen LogP contribution in [-0.4, -0.2) is 18.5 Å². The summed E-state index contributed by atoms with van der Waals surface area (Å²) in [6.07, 6.45) is 0. The number of benzene rings is 2. The molecule has 0 aliphatic heterocycles. The zero-order valence-electron chi connectivity index (χ0n) is 12.5. The van der Waals surface area contributed by atoms with E-state index in [9.17, 15) is 9.59 Å². The van der Waals surface area contributed by atoms with Crippen molar-refractivity contribution in [1.29, 1.82) is 0 Å². The first kappa shape index (κ1) is 15.6. The van der Waals surface area contributed by atoms with E-state index in [0.29, 0.717) is 18.0 Å². The molecule has 1 amide bonds. The molecule has 0 saturated carbocycles. The molecule has 0 aliphatic carbocycles. The van der Waals surface area contributed by atoms with E-state index in [-0.39, 0.29) is 17.2 Å². The van der Waals surface area contributed by atoms with Gasteiger partial charge in [-0.2, -0.15) is 0 Å². The quantitative estimate of drug-likeness (QED) is 0.680. The van der Waals surface area contributed by atoms with Gasteiger partial charge in [-0.3, -0.25) is 9.59 Å². The number of anilines is 1. The van der Waals surface area contributed by atoms with Crippen molar-refractivity contribution in [2.75, 3.05) is 11.9 Å². The van der Waals surface area contributed by atoms with Crippen LogP contribution in [0.5, 0.6) is 11.5 Å². The molecule has 0 aromatic heterocycles. The minimum Gasteiger partial charge on any atom is -0.492 e. The Bertz CT molecular complexity index is 682. The maximum absolute atomic E-state index is 12.4. The average molecular weight is 299 g/mol. The second kappa shape index (κ2) is 7.26. The van der Waals surface area contributed by atoms with Gasteiger partial charge in [0, 0.05) is 6.92 Å². The number of carbonyl (C=O) groups excluding carboxylic acids is 2. The Morgan fingerprint density at radius 1 is 1.00 bits per heavy atom. The molecule has 0 bridgehead atoms. The normalized spacial score (nSPS) is 9.91. The molecule has 2 aromatic rings. The highest BCUT2D eigenvalue weighted by Gasteiger charge is 2.15. The SMILES string of the molecule is CCOc1ccccc1NC(=O)c1ccccc1OC(C)=O. The molecule has 5 heteroatoms. The van der Waals surface area contributed by atoms with E-state index in [1.165, 1.54) is 6.92 Å². The number of ether oxygens (including phenoxy) is 2. The molecule has 2 aromatic carbocycles. The topological polar surface area (TPSA) is 64.6 Å². The van der Waals surface area contributed by atoms with Crippen LogP contribution in [0.15, 0.2) is 48.5 Å². The molecule has 22 heavy (non-hydrogen) atoms. The highest BCUT2D eigenvalue weighted by atomic mass is 16.5. The molecule has 0 unspecified atom stereocenters. The van der Waals surface area contributed by atoms with E-state index in [2.05, 4.69) is 5.32 Å². The van der Waals surface area contributed by atoms with E-state index >= 15 is 0 Å². The standard InChI is InChI=1S/C17H17NO4/c1-3-21-16-11-7-5-9-14(16)18-17(20)13-8-4-6-10-15(13)22-12(2)19/h4-11H,3H2,1-2H3,(H,18,20). The highest BCUT2D eigenvalue weighted by molar-refractivity contribution is 6.07. The van der Waals surface area contributed by atoms with Gasteiger partial charge in [0.1, 0.15) is 11.5 Å². The van der Waals surface area contributed by atoms with E-state index in [0.717, 1.165) is 0 Å². The molecule has 114 valence electrons. The van der Waals surface area contributed by atoms with Crippen LogP contribution in [0, 0.1) is 0 Å². The predicted molar refractivity (Wildman–Crippen MR) is 83.3 cm³/mol. The van der Waals surface area contributed by atoms with E-state index in [4.69, 9.17) is 9.47 Å². The lowest BCUT2D eigenvalue weighted by Crippen LogP contribution is -2.15. The third kappa shape index (κ3) is 3.85. The Kier molecular flexibility index (Phi) is 5.14. The van der Waals surface area contributed by atoms with Crippen molar-refractivity contribution in [3.63, 3.8) is 0 Å². The zero-order valence-corrected chi connectivity index (χ0v) is 12.5. The first-order valence-corrected chi connectivity index (χ1v) is 6.92. The van der Waals surface area contributed by atoms with Crippen molar-refractivity contribution in [3.05, 3.63) is 54.1 Å².